The van der Waals surface area contributed by atoms with E-state index in [2.05, 4.69) is 10.6 Å². The molecule has 0 aliphatic rings. The van der Waals surface area contributed by atoms with Crippen molar-refractivity contribution in [1.29, 1.82) is 0 Å². The van der Waals surface area contributed by atoms with E-state index in [0.717, 1.165) is 22.4 Å². The van der Waals surface area contributed by atoms with E-state index in [1.165, 1.54) is 0 Å². The summed E-state index contributed by atoms with van der Waals surface area (Å²) in [6, 6.07) is 34.6. The van der Waals surface area contributed by atoms with Crippen molar-refractivity contribution in [3.8, 4) is 11.5 Å². The number of para-hydroxylation sites is 1. The fourth-order valence-electron chi connectivity index (χ4n) is 3.72. The number of carbonyl (C=O) groups excluding carboxylic acids is 1. The highest BCUT2D eigenvalue weighted by Crippen LogP contribution is 2.32. The average molecular weight is 467 g/mol. The maximum atomic E-state index is 13.3. The lowest BCUT2D eigenvalue weighted by Crippen LogP contribution is -2.33. The fraction of sp³-hybridized carbons (Fsp3) is 0.167. The van der Waals surface area contributed by atoms with E-state index in [0.29, 0.717) is 31.3 Å². The molecule has 1 amide bonds. The summed E-state index contributed by atoms with van der Waals surface area (Å²) >= 11 is 0. The van der Waals surface area contributed by atoms with Gasteiger partial charge in [-0.25, -0.2) is 0 Å². The zero-order valence-corrected chi connectivity index (χ0v) is 19.8. The van der Waals surface area contributed by atoms with E-state index in [1.54, 1.807) is 0 Å². The van der Waals surface area contributed by atoms with Gasteiger partial charge in [0.1, 0.15) is 12.6 Å². The maximum Gasteiger partial charge on any atom is 0.247 e. The molecular weight excluding hydrogens is 436 g/mol. The summed E-state index contributed by atoms with van der Waals surface area (Å²) in [4.78, 5) is 13.3. The van der Waals surface area contributed by atoms with Gasteiger partial charge >= 0.3 is 0 Å². The molecule has 35 heavy (non-hydrogen) atoms. The van der Waals surface area contributed by atoms with Crippen LogP contribution in [0.15, 0.2) is 109 Å². The topological polar surface area (TPSA) is 59.6 Å². The molecule has 5 heteroatoms. The lowest BCUT2D eigenvalue weighted by molar-refractivity contribution is -0.122. The number of carbonyl (C=O) groups is 1. The number of hydrogen-bond donors (Lipinski definition) is 2. The van der Waals surface area contributed by atoms with Crippen molar-refractivity contribution in [2.45, 2.75) is 26.1 Å². The van der Waals surface area contributed by atoms with Crippen LogP contribution in [0.1, 0.15) is 29.7 Å². The lowest BCUT2D eigenvalue weighted by atomic mass is 10.0. The molecule has 0 bridgehead atoms. The predicted octanol–water partition coefficient (Wildman–Crippen LogP) is 6.13. The summed E-state index contributed by atoms with van der Waals surface area (Å²) in [5.41, 5.74) is 3.76. The van der Waals surface area contributed by atoms with Gasteiger partial charge in [-0.15, -0.1) is 0 Å². The Morgan fingerprint density at radius 3 is 2.03 bits per heavy atom. The van der Waals surface area contributed by atoms with Gasteiger partial charge in [-0.1, -0.05) is 84.9 Å². The Morgan fingerprint density at radius 1 is 0.743 bits per heavy atom. The third-order valence-corrected chi connectivity index (χ3v) is 5.49. The Labute approximate surface area is 206 Å². The molecule has 0 saturated carbocycles. The molecule has 0 saturated heterocycles. The standard InChI is InChI=1S/C30H30N2O3/c1-2-34-28-20-25(18-19-27(28)35-22-24-14-8-4-9-15-24)29(32-26-16-10-5-11-17-26)30(33)31-21-23-12-6-3-7-13-23/h3-20,29,32H,2,21-22H2,1H3,(H,31,33). The molecule has 4 aromatic carbocycles. The lowest BCUT2D eigenvalue weighted by Gasteiger charge is -2.22. The molecule has 0 fully saturated rings. The first-order valence-electron chi connectivity index (χ1n) is 11.8. The van der Waals surface area contributed by atoms with Crippen LogP contribution in [-0.4, -0.2) is 12.5 Å². The molecule has 2 N–H and O–H groups in total. The Kier molecular flexibility index (Phi) is 8.38. The van der Waals surface area contributed by atoms with Crippen molar-refractivity contribution in [1.82, 2.24) is 5.32 Å². The second kappa shape index (κ2) is 12.3. The minimum absolute atomic E-state index is 0.127. The minimum Gasteiger partial charge on any atom is -0.490 e. The van der Waals surface area contributed by atoms with Crippen molar-refractivity contribution < 1.29 is 14.3 Å². The summed E-state index contributed by atoms with van der Waals surface area (Å²) < 4.78 is 11.9. The van der Waals surface area contributed by atoms with Crippen molar-refractivity contribution in [3.63, 3.8) is 0 Å². The van der Waals surface area contributed by atoms with Crippen molar-refractivity contribution in [3.05, 3.63) is 126 Å². The number of ether oxygens (including phenoxy) is 2. The highest BCUT2D eigenvalue weighted by molar-refractivity contribution is 5.86. The van der Waals surface area contributed by atoms with Crippen LogP contribution < -0.4 is 20.1 Å². The molecule has 0 aliphatic carbocycles. The first kappa shape index (κ1) is 23.9. The van der Waals surface area contributed by atoms with Gasteiger partial charge in [0.15, 0.2) is 11.5 Å². The van der Waals surface area contributed by atoms with E-state index in [9.17, 15) is 4.79 Å². The second-order valence-electron chi connectivity index (χ2n) is 8.06. The van der Waals surface area contributed by atoms with E-state index in [1.807, 2.05) is 116 Å². The van der Waals surface area contributed by atoms with Gasteiger partial charge in [-0.2, -0.15) is 0 Å². The Morgan fingerprint density at radius 2 is 1.37 bits per heavy atom. The maximum absolute atomic E-state index is 13.3. The number of amides is 1. The Hall–Kier alpha value is -4.25. The summed E-state index contributed by atoms with van der Waals surface area (Å²) in [5.74, 6) is 1.12. The highest BCUT2D eigenvalue weighted by atomic mass is 16.5. The summed E-state index contributed by atoms with van der Waals surface area (Å²) in [7, 11) is 0. The molecule has 1 unspecified atom stereocenters. The summed E-state index contributed by atoms with van der Waals surface area (Å²) in [6.07, 6.45) is 0. The van der Waals surface area contributed by atoms with E-state index in [-0.39, 0.29) is 5.91 Å². The highest BCUT2D eigenvalue weighted by Gasteiger charge is 2.22. The van der Waals surface area contributed by atoms with E-state index in [4.69, 9.17) is 9.47 Å². The van der Waals surface area contributed by atoms with Gasteiger partial charge in [-0.05, 0) is 47.9 Å². The third-order valence-electron chi connectivity index (χ3n) is 5.49. The van der Waals surface area contributed by atoms with Crippen LogP contribution in [0.5, 0.6) is 11.5 Å². The molecule has 0 radical (unpaired) electrons. The van der Waals surface area contributed by atoms with E-state index < -0.39 is 6.04 Å². The Balaban J connectivity index is 1.56. The first-order chi connectivity index (χ1) is 17.2. The number of anilines is 1. The molecular formula is C30H30N2O3. The van der Waals surface area contributed by atoms with Crippen LogP contribution in [0.4, 0.5) is 5.69 Å². The van der Waals surface area contributed by atoms with Gasteiger partial charge in [-0.3, -0.25) is 4.79 Å². The second-order valence-corrected chi connectivity index (χ2v) is 8.06. The van der Waals surface area contributed by atoms with Crippen molar-refractivity contribution in [2.24, 2.45) is 0 Å². The zero-order valence-electron chi connectivity index (χ0n) is 19.8. The van der Waals surface area contributed by atoms with Crippen LogP contribution in [0, 0.1) is 0 Å². The number of hydrogen-bond acceptors (Lipinski definition) is 4. The van der Waals surface area contributed by atoms with Crippen LogP contribution in [0.25, 0.3) is 0 Å². The monoisotopic (exact) mass is 466 g/mol. The third kappa shape index (κ3) is 6.87. The number of nitrogens with one attached hydrogen (secondary N) is 2. The van der Waals surface area contributed by atoms with Gasteiger partial charge in [0, 0.05) is 12.2 Å². The number of benzene rings is 4. The molecule has 0 spiro atoms. The predicted molar refractivity (Wildman–Crippen MR) is 139 cm³/mol. The molecule has 178 valence electrons. The molecule has 4 rings (SSSR count). The quantitative estimate of drug-likeness (QED) is 0.279. The zero-order chi connectivity index (χ0) is 24.3. The van der Waals surface area contributed by atoms with E-state index >= 15 is 0 Å². The average Bonchev–Trinajstić information content (AvgIpc) is 2.91. The van der Waals surface area contributed by atoms with Crippen molar-refractivity contribution >= 4 is 11.6 Å². The van der Waals surface area contributed by atoms with Crippen LogP contribution in [0.3, 0.4) is 0 Å². The fourth-order valence-corrected chi connectivity index (χ4v) is 3.72. The van der Waals surface area contributed by atoms with Crippen LogP contribution in [0.2, 0.25) is 0 Å². The minimum atomic E-state index is -0.608. The normalized spacial score (nSPS) is 11.3. The van der Waals surface area contributed by atoms with Crippen LogP contribution >= 0.6 is 0 Å². The molecule has 0 aliphatic heterocycles. The largest absolute Gasteiger partial charge is 0.490 e. The number of rotatable bonds is 11. The summed E-state index contributed by atoms with van der Waals surface area (Å²) in [5, 5.41) is 6.43. The van der Waals surface area contributed by atoms with Gasteiger partial charge in [0.2, 0.25) is 5.91 Å². The van der Waals surface area contributed by atoms with Gasteiger partial charge < -0.3 is 20.1 Å². The van der Waals surface area contributed by atoms with Crippen LogP contribution in [-0.2, 0) is 17.9 Å². The van der Waals surface area contributed by atoms with Gasteiger partial charge in [0.05, 0.1) is 6.61 Å². The smallest absolute Gasteiger partial charge is 0.247 e. The first-order valence-corrected chi connectivity index (χ1v) is 11.8. The molecule has 4 aromatic rings. The Bertz CT molecular complexity index is 1200. The van der Waals surface area contributed by atoms with Crippen molar-refractivity contribution in [2.75, 3.05) is 11.9 Å². The molecule has 0 aromatic heterocycles. The van der Waals surface area contributed by atoms with Gasteiger partial charge in [0.25, 0.3) is 0 Å². The summed E-state index contributed by atoms with van der Waals surface area (Å²) in [6.45, 7) is 3.30. The molecule has 1 atom stereocenters. The molecule has 0 heterocycles. The molecule has 5 nitrogen and oxygen atoms in total. The SMILES string of the molecule is CCOc1cc(C(Nc2ccccc2)C(=O)NCc2ccccc2)ccc1OCc1ccccc1.